The highest BCUT2D eigenvalue weighted by atomic mass is 16.3. The summed E-state index contributed by atoms with van der Waals surface area (Å²) in [6, 6.07) is 0.335. The van der Waals surface area contributed by atoms with Crippen LogP contribution in [0.15, 0.2) is 0 Å². The zero-order chi connectivity index (χ0) is 12.0. The first kappa shape index (κ1) is 13.5. The van der Waals surface area contributed by atoms with Crippen LogP contribution < -0.4 is 10.6 Å². The Morgan fingerprint density at radius 1 is 1.44 bits per heavy atom. The Bertz CT molecular complexity index is 219. The van der Waals surface area contributed by atoms with Crippen molar-refractivity contribution in [3.8, 4) is 0 Å². The third kappa shape index (κ3) is 5.47. The standard InChI is InChI=1S/C12H24N2O2/c1-9(2)13-8-12(16)14-7-10-4-3-5-11(15)6-10/h9-11,13,15H,3-8H2,1-2H3,(H,14,16). The second kappa shape index (κ2) is 6.86. The van der Waals surface area contributed by atoms with Gasteiger partial charge in [-0.3, -0.25) is 4.79 Å². The van der Waals surface area contributed by atoms with E-state index in [0.717, 1.165) is 25.7 Å². The summed E-state index contributed by atoms with van der Waals surface area (Å²) in [5.74, 6) is 0.500. The van der Waals surface area contributed by atoms with Crippen LogP contribution in [0.3, 0.4) is 0 Å². The first-order chi connectivity index (χ1) is 7.58. The van der Waals surface area contributed by atoms with Gasteiger partial charge in [-0.2, -0.15) is 0 Å². The third-order valence-electron chi connectivity index (χ3n) is 3.01. The average Bonchev–Trinajstić information content (AvgIpc) is 2.23. The lowest BCUT2D eigenvalue weighted by Gasteiger charge is -2.25. The van der Waals surface area contributed by atoms with Gasteiger partial charge in [0.25, 0.3) is 0 Å². The molecule has 4 nitrogen and oxygen atoms in total. The molecule has 2 atom stereocenters. The topological polar surface area (TPSA) is 61.4 Å². The molecule has 0 heterocycles. The van der Waals surface area contributed by atoms with Crippen molar-refractivity contribution in [3.05, 3.63) is 0 Å². The molecule has 1 rings (SSSR count). The molecule has 3 N–H and O–H groups in total. The van der Waals surface area contributed by atoms with Crippen LogP contribution in [0.5, 0.6) is 0 Å². The van der Waals surface area contributed by atoms with E-state index in [1.165, 1.54) is 0 Å². The van der Waals surface area contributed by atoms with E-state index in [1.807, 2.05) is 13.8 Å². The molecule has 1 saturated carbocycles. The lowest BCUT2D eigenvalue weighted by molar-refractivity contribution is -0.120. The summed E-state index contributed by atoms with van der Waals surface area (Å²) < 4.78 is 0. The van der Waals surface area contributed by atoms with E-state index in [-0.39, 0.29) is 12.0 Å². The van der Waals surface area contributed by atoms with E-state index in [4.69, 9.17) is 0 Å². The Labute approximate surface area is 97.8 Å². The fraction of sp³-hybridized carbons (Fsp3) is 0.917. The Morgan fingerprint density at radius 2 is 2.19 bits per heavy atom. The van der Waals surface area contributed by atoms with Crippen molar-refractivity contribution in [2.75, 3.05) is 13.1 Å². The Balaban J connectivity index is 2.11. The van der Waals surface area contributed by atoms with E-state index in [9.17, 15) is 9.90 Å². The maximum absolute atomic E-state index is 11.4. The first-order valence-corrected chi connectivity index (χ1v) is 6.26. The van der Waals surface area contributed by atoms with Crippen LogP contribution in [0.25, 0.3) is 0 Å². The summed E-state index contributed by atoms with van der Waals surface area (Å²) in [5.41, 5.74) is 0. The molecule has 0 saturated heterocycles. The minimum absolute atomic E-state index is 0.0498. The van der Waals surface area contributed by atoms with Gasteiger partial charge in [0.2, 0.25) is 5.91 Å². The molecule has 0 aromatic rings. The van der Waals surface area contributed by atoms with Crippen molar-refractivity contribution in [1.82, 2.24) is 10.6 Å². The molecule has 1 aliphatic carbocycles. The Hall–Kier alpha value is -0.610. The number of aliphatic hydroxyl groups excluding tert-OH is 1. The molecule has 0 aromatic heterocycles. The maximum Gasteiger partial charge on any atom is 0.233 e. The second-order valence-electron chi connectivity index (χ2n) is 5.03. The molecule has 1 aliphatic rings. The van der Waals surface area contributed by atoms with E-state index >= 15 is 0 Å². The minimum atomic E-state index is -0.163. The lowest BCUT2D eigenvalue weighted by Crippen LogP contribution is -2.39. The summed E-state index contributed by atoms with van der Waals surface area (Å²) in [6.45, 7) is 5.12. The minimum Gasteiger partial charge on any atom is -0.393 e. The van der Waals surface area contributed by atoms with Crippen molar-refractivity contribution in [2.24, 2.45) is 5.92 Å². The number of hydrogen-bond acceptors (Lipinski definition) is 3. The molecule has 0 aromatic carbocycles. The van der Waals surface area contributed by atoms with E-state index in [1.54, 1.807) is 0 Å². The molecule has 2 unspecified atom stereocenters. The number of amides is 1. The summed E-state index contributed by atoms with van der Waals surface area (Å²) in [7, 11) is 0. The highest BCUT2D eigenvalue weighted by molar-refractivity contribution is 5.77. The molecule has 94 valence electrons. The van der Waals surface area contributed by atoms with Gasteiger partial charge < -0.3 is 15.7 Å². The monoisotopic (exact) mass is 228 g/mol. The molecule has 0 bridgehead atoms. The molecular weight excluding hydrogens is 204 g/mol. The zero-order valence-electron chi connectivity index (χ0n) is 10.3. The highest BCUT2D eigenvalue weighted by Crippen LogP contribution is 2.23. The fourth-order valence-electron chi connectivity index (χ4n) is 2.07. The maximum atomic E-state index is 11.4. The van der Waals surface area contributed by atoms with Crippen molar-refractivity contribution in [3.63, 3.8) is 0 Å². The van der Waals surface area contributed by atoms with Gasteiger partial charge in [0.1, 0.15) is 0 Å². The smallest absolute Gasteiger partial charge is 0.233 e. The van der Waals surface area contributed by atoms with E-state index < -0.39 is 0 Å². The summed E-state index contributed by atoms with van der Waals surface area (Å²) in [6.07, 6.45) is 3.78. The summed E-state index contributed by atoms with van der Waals surface area (Å²) in [4.78, 5) is 11.4. The molecule has 0 spiro atoms. The lowest BCUT2D eigenvalue weighted by atomic mass is 9.87. The SMILES string of the molecule is CC(C)NCC(=O)NCC1CCCC(O)C1. The van der Waals surface area contributed by atoms with Crippen LogP contribution in [-0.4, -0.2) is 36.2 Å². The van der Waals surface area contributed by atoms with Gasteiger partial charge in [-0.1, -0.05) is 20.3 Å². The Morgan fingerprint density at radius 3 is 2.81 bits per heavy atom. The number of carbonyl (C=O) groups is 1. The molecule has 1 fully saturated rings. The van der Waals surface area contributed by atoms with Gasteiger partial charge >= 0.3 is 0 Å². The summed E-state index contributed by atoms with van der Waals surface area (Å²) in [5, 5.41) is 15.5. The van der Waals surface area contributed by atoms with Crippen LogP contribution >= 0.6 is 0 Å². The fourth-order valence-corrected chi connectivity index (χ4v) is 2.07. The van der Waals surface area contributed by atoms with Crippen LogP contribution in [0.2, 0.25) is 0 Å². The third-order valence-corrected chi connectivity index (χ3v) is 3.01. The summed E-state index contributed by atoms with van der Waals surface area (Å²) >= 11 is 0. The molecule has 16 heavy (non-hydrogen) atoms. The van der Waals surface area contributed by atoms with Gasteiger partial charge in [-0.25, -0.2) is 0 Å². The van der Waals surface area contributed by atoms with Crippen LogP contribution in [0.1, 0.15) is 39.5 Å². The molecule has 0 radical (unpaired) electrons. The number of carbonyl (C=O) groups excluding carboxylic acids is 1. The molecular formula is C12H24N2O2. The largest absolute Gasteiger partial charge is 0.393 e. The van der Waals surface area contributed by atoms with E-state index in [2.05, 4.69) is 10.6 Å². The van der Waals surface area contributed by atoms with E-state index in [0.29, 0.717) is 25.0 Å². The van der Waals surface area contributed by atoms with Crippen molar-refractivity contribution in [1.29, 1.82) is 0 Å². The number of rotatable bonds is 5. The van der Waals surface area contributed by atoms with Gasteiger partial charge in [-0.15, -0.1) is 0 Å². The molecule has 1 amide bonds. The number of nitrogens with one attached hydrogen (secondary N) is 2. The number of hydrogen-bond donors (Lipinski definition) is 3. The second-order valence-corrected chi connectivity index (χ2v) is 5.03. The van der Waals surface area contributed by atoms with Crippen molar-refractivity contribution < 1.29 is 9.90 Å². The molecule has 4 heteroatoms. The van der Waals surface area contributed by atoms with Gasteiger partial charge in [0.05, 0.1) is 12.6 Å². The zero-order valence-corrected chi connectivity index (χ0v) is 10.3. The van der Waals surface area contributed by atoms with Crippen molar-refractivity contribution >= 4 is 5.91 Å². The van der Waals surface area contributed by atoms with Crippen molar-refractivity contribution in [2.45, 2.75) is 51.7 Å². The van der Waals surface area contributed by atoms with Crippen LogP contribution in [0.4, 0.5) is 0 Å². The number of aliphatic hydroxyl groups is 1. The first-order valence-electron chi connectivity index (χ1n) is 6.26. The van der Waals surface area contributed by atoms with Gasteiger partial charge in [-0.05, 0) is 25.2 Å². The normalized spacial score (nSPS) is 25.8. The van der Waals surface area contributed by atoms with Gasteiger partial charge in [0, 0.05) is 12.6 Å². The highest BCUT2D eigenvalue weighted by Gasteiger charge is 2.20. The average molecular weight is 228 g/mol. The van der Waals surface area contributed by atoms with Gasteiger partial charge in [0.15, 0.2) is 0 Å². The Kier molecular flexibility index (Phi) is 5.77. The van der Waals surface area contributed by atoms with Crippen LogP contribution in [0, 0.1) is 5.92 Å². The predicted molar refractivity (Wildman–Crippen MR) is 64.1 cm³/mol. The molecule has 0 aliphatic heterocycles. The predicted octanol–water partition coefficient (Wildman–Crippen LogP) is 0.652. The van der Waals surface area contributed by atoms with Crippen LogP contribution in [-0.2, 0) is 4.79 Å². The quantitative estimate of drug-likeness (QED) is 0.647.